The van der Waals surface area contributed by atoms with Crippen molar-refractivity contribution in [3.63, 3.8) is 0 Å². The lowest BCUT2D eigenvalue weighted by molar-refractivity contribution is -0.144. The van der Waals surface area contributed by atoms with Gasteiger partial charge < -0.3 is 10.2 Å². The van der Waals surface area contributed by atoms with Gasteiger partial charge in [-0.2, -0.15) is 0 Å². The minimum absolute atomic E-state index is 0.0172. The summed E-state index contributed by atoms with van der Waals surface area (Å²) < 4.78 is 0. The van der Waals surface area contributed by atoms with Crippen LogP contribution in [0.25, 0.3) is 0 Å². The van der Waals surface area contributed by atoms with Crippen LogP contribution in [-0.2, 0) is 32.1 Å². The van der Waals surface area contributed by atoms with E-state index >= 15 is 0 Å². The second-order valence-corrected chi connectivity index (χ2v) is 12.4. The first kappa shape index (κ1) is 30.3. The molecule has 2 aromatic carbocycles. The molecule has 1 saturated carbocycles. The highest BCUT2D eigenvalue weighted by Gasteiger charge is 2.47. The van der Waals surface area contributed by atoms with Gasteiger partial charge in [0.05, 0.1) is 11.8 Å². The number of imide groups is 1. The van der Waals surface area contributed by atoms with Gasteiger partial charge in [-0.05, 0) is 48.9 Å². The molecule has 2 fully saturated rings. The molecule has 1 N–H and O–H groups in total. The fourth-order valence-corrected chi connectivity index (χ4v) is 6.84. The van der Waals surface area contributed by atoms with E-state index in [2.05, 4.69) is 5.32 Å². The number of rotatable bonds is 10. The minimum Gasteiger partial charge on any atom is -0.352 e. The number of hydrogen-bond donors (Lipinski definition) is 1. The zero-order valence-corrected chi connectivity index (χ0v) is 25.2. The van der Waals surface area contributed by atoms with Crippen LogP contribution in [-0.4, -0.2) is 52.1 Å². The maximum absolute atomic E-state index is 14.1. The van der Waals surface area contributed by atoms with Gasteiger partial charge in [-0.15, -0.1) is 0 Å². The molecule has 42 heavy (non-hydrogen) atoms. The number of fused-ring (bicyclic) bond motifs is 1. The van der Waals surface area contributed by atoms with E-state index in [0.29, 0.717) is 34.9 Å². The summed E-state index contributed by atoms with van der Waals surface area (Å²) in [5.74, 6) is -1.68. The smallest absolute Gasteiger partial charge is 0.243 e. The zero-order valence-electron chi connectivity index (χ0n) is 23.6. The third-order valence-electron chi connectivity index (χ3n) is 8.73. The van der Waals surface area contributed by atoms with E-state index in [1.807, 2.05) is 42.5 Å². The molecule has 222 valence electrons. The largest absolute Gasteiger partial charge is 0.352 e. The summed E-state index contributed by atoms with van der Waals surface area (Å²) in [5, 5.41) is 4.08. The Bertz CT molecular complexity index is 1320. The van der Waals surface area contributed by atoms with Crippen molar-refractivity contribution in [2.24, 2.45) is 11.8 Å². The van der Waals surface area contributed by atoms with E-state index < -0.39 is 6.04 Å². The van der Waals surface area contributed by atoms with Gasteiger partial charge in [-0.3, -0.25) is 24.1 Å². The van der Waals surface area contributed by atoms with Crippen LogP contribution in [0.15, 0.2) is 60.7 Å². The summed E-state index contributed by atoms with van der Waals surface area (Å²) >= 11 is 12.7. The second-order valence-electron chi connectivity index (χ2n) is 11.5. The lowest BCUT2D eigenvalue weighted by Gasteiger charge is -2.34. The summed E-state index contributed by atoms with van der Waals surface area (Å²) in [7, 11) is 0. The third-order valence-corrected chi connectivity index (χ3v) is 9.31. The molecule has 9 heteroatoms. The molecule has 1 saturated heterocycles. The van der Waals surface area contributed by atoms with Crippen LogP contribution >= 0.6 is 23.2 Å². The number of carbonyl (C=O) groups excluding carboxylic acids is 4. The number of benzene rings is 2. The molecule has 4 amide bonds. The Kier molecular flexibility index (Phi) is 10.0. The first-order valence-electron chi connectivity index (χ1n) is 14.9. The van der Waals surface area contributed by atoms with E-state index in [1.54, 1.807) is 23.1 Å². The number of nitrogens with one attached hydrogen (secondary N) is 1. The molecule has 0 radical (unpaired) electrons. The summed E-state index contributed by atoms with van der Waals surface area (Å²) in [5.41, 5.74) is 1.58. The van der Waals surface area contributed by atoms with Crippen LogP contribution in [0.5, 0.6) is 0 Å². The number of amides is 4. The van der Waals surface area contributed by atoms with Gasteiger partial charge in [0.2, 0.25) is 23.6 Å². The van der Waals surface area contributed by atoms with Crippen molar-refractivity contribution in [1.82, 2.24) is 15.1 Å². The van der Waals surface area contributed by atoms with Crippen LogP contribution in [0, 0.1) is 11.8 Å². The van der Waals surface area contributed by atoms with Crippen molar-refractivity contribution in [2.75, 3.05) is 6.54 Å². The Balaban J connectivity index is 1.41. The molecule has 5 rings (SSSR count). The van der Waals surface area contributed by atoms with Gasteiger partial charge >= 0.3 is 0 Å². The molecule has 1 heterocycles. The Morgan fingerprint density at radius 2 is 1.60 bits per heavy atom. The molecule has 1 aliphatic heterocycles. The first-order valence-corrected chi connectivity index (χ1v) is 15.7. The molecular weight excluding hydrogens is 573 g/mol. The third kappa shape index (κ3) is 7.07. The number of likely N-dealkylation sites (tertiary alicyclic amines) is 1. The number of carbonyl (C=O) groups is 4. The van der Waals surface area contributed by atoms with Crippen molar-refractivity contribution in [3.05, 3.63) is 81.9 Å². The summed E-state index contributed by atoms with van der Waals surface area (Å²) in [6.07, 6.45) is 10.3. The average Bonchev–Trinajstić information content (AvgIpc) is 3.24. The normalized spacial score (nSPS) is 21.2. The Morgan fingerprint density at radius 3 is 2.24 bits per heavy atom. The van der Waals surface area contributed by atoms with Crippen molar-refractivity contribution in [3.8, 4) is 0 Å². The Hall–Kier alpha value is -3.16. The predicted octanol–water partition coefficient (Wildman–Crippen LogP) is 5.72. The monoisotopic (exact) mass is 609 g/mol. The fourth-order valence-electron chi connectivity index (χ4n) is 6.37. The average molecular weight is 611 g/mol. The van der Waals surface area contributed by atoms with Gasteiger partial charge in [-0.1, -0.05) is 91.0 Å². The van der Waals surface area contributed by atoms with Crippen molar-refractivity contribution in [2.45, 2.75) is 76.4 Å². The zero-order chi connectivity index (χ0) is 29.6. The maximum atomic E-state index is 14.1. The highest BCUT2D eigenvalue weighted by atomic mass is 35.5. The van der Waals surface area contributed by atoms with Crippen molar-refractivity contribution in [1.29, 1.82) is 0 Å². The number of halogens is 2. The lowest BCUT2D eigenvalue weighted by atomic mass is 9.85. The Morgan fingerprint density at radius 1 is 0.929 bits per heavy atom. The SMILES string of the molecule is O=C(NC1CCCCC1)[C@H](Cc1ccccc1)N(Cc1ccc(Cl)cc1Cl)C(=O)CCN1C(=O)[C@H]2CC=CC[C@H]2C1=O. The van der Waals surface area contributed by atoms with Crippen LogP contribution in [0.1, 0.15) is 62.5 Å². The molecule has 0 spiro atoms. The van der Waals surface area contributed by atoms with Crippen molar-refractivity contribution < 1.29 is 19.2 Å². The van der Waals surface area contributed by atoms with Crippen LogP contribution in [0.4, 0.5) is 0 Å². The van der Waals surface area contributed by atoms with Crippen LogP contribution in [0.2, 0.25) is 10.0 Å². The predicted molar refractivity (Wildman–Crippen MR) is 163 cm³/mol. The van der Waals surface area contributed by atoms with E-state index in [4.69, 9.17) is 23.2 Å². The van der Waals surface area contributed by atoms with E-state index in [-0.39, 0.29) is 61.0 Å². The quantitative estimate of drug-likeness (QED) is 0.275. The minimum atomic E-state index is -0.815. The highest BCUT2D eigenvalue weighted by Crippen LogP contribution is 2.35. The molecule has 0 aromatic heterocycles. The topological polar surface area (TPSA) is 86.8 Å². The van der Waals surface area contributed by atoms with Gasteiger partial charge in [0, 0.05) is 42.0 Å². The molecule has 0 unspecified atom stereocenters. The number of nitrogens with zero attached hydrogens (tertiary/aromatic N) is 2. The molecule has 2 aliphatic carbocycles. The second kappa shape index (κ2) is 13.9. The molecular formula is C33H37Cl2N3O4. The highest BCUT2D eigenvalue weighted by molar-refractivity contribution is 6.35. The van der Waals surface area contributed by atoms with Crippen molar-refractivity contribution >= 4 is 46.8 Å². The number of allylic oxidation sites excluding steroid dienone is 2. The van der Waals surface area contributed by atoms with Gasteiger partial charge in [0.1, 0.15) is 6.04 Å². The fraction of sp³-hybridized carbons (Fsp3) is 0.455. The maximum Gasteiger partial charge on any atom is 0.243 e. The summed E-state index contributed by atoms with van der Waals surface area (Å²) in [6, 6.07) is 13.9. The summed E-state index contributed by atoms with van der Waals surface area (Å²) in [4.78, 5) is 56.9. The van der Waals surface area contributed by atoms with Crippen LogP contribution in [0.3, 0.4) is 0 Å². The Labute approximate surface area is 257 Å². The van der Waals surface area contributed by atoms with Gasteiger partial charge in [0.15, 0.2) is 0 Å². The first-order chi connectivity index (χ1) is 20.3. The lowest BCUT2D eigenvalue weighted by Crippen LogP contribution is -2.53. The van der Waals surface area contributed by atoms with Gasteiger partial charge in [0.25, 0.3) is 0 Å². The molecule has 2 aromatic rings. The summed E-state index contributed by atoms with van der Waals surface area (Å²) in [6.45, 7) is 0.0676. The van der Waals surface area contributed by atoms with Crippen LogP contribution < -0.4 is 5.32 Å². The number of hydrogen-bond acceptors (Lipinski definition) is 4. The molecule has 3 aliphatic rings. The standard InChI is InChI=1S/C33H37Cl2N3O4/c34-24-16-15-23(28(35)20-24)21-38(30(39)17-18-37-32(41)26-13-7-8-14-27(26)33(37)42)29(19-22-9-3-1-4-10-22)31(40)36-25-11-5-2-6-12-25/h1,3-4,7-10,15-16,20,25-27,29H,2,5-6,11-14,17-19,21H2,(H,36,40)/t26-,27+,29-/m0/s1. The molecule has 0 bridgehead atoms. The van der Waals surface area contributed by atoms with E-state index in [0.717, 1.165) is 37.7 Å². The molecule has 7 nitrogen and oxygen atoms in total. The molecule has 3 atom stereocenters. The van der Waals surface area contributed by atoms with E-state index in [9.17, 15) is 19.2 Å². The van der Waals surface area contributed by atoms with E-state index in [1.165, 1.54) is 4.90 Å². The van der Waals surface area contributed by atoms with Gasteiger partial charge in [-0.25, -0.2) is 0 Å².